The Bertz CT molecular complexity index is 463. The van der Waals surface area contributed by atoms with Gasteiger partial charge in [0.15, 0.2) is 0 Å². The van der Waals surface area contributed by atoms with Crippen LogP contribution in [0.4, 0.5) is 14.5 Å². The molecule has 0 radical (unpaired) electrons. The van der Waals surface area contributed by atoms with Crippen molar-refractivity contribution < 1.29 is 13.6 Å². The van der Waals surface area contributed by atoms with Gasteiger partial charge in [-0.25, -0.2) is 0 Å². The van der Waals surface area contributed by atoms with Crippen LogP contribution >= 0.6 is 36.6 Å². The number of carbonyl (C=O) groups excluding carboxylic acids is 1. The van der Waals surface area contributed by atoms with Crippen molar-refractivity contribution >= 4 is 48.2 Å². The van der Waals surface area contributed by atoms with Crippen molar-refractivity contribution in [2.75, 3.05) is 38.0 Å². The van der Waals surface area contributed by atoms with Gasteiger partial charge in [0.25, 0.3) is 5.76 Å². The van der Waals surface area contributed by atoms with Gasteiger partial charge in [-0.3, -0.25) is 9.69 Å². The van der Waals surface area contributed by atoms with E-state index in [0.29, 0.717) is 22.3 Å². The van der Waals surface area contributed by atoms with Gasteiger partial charge in [0.05, 0.1) is 12.2 Å². The predicted molar refractivity (Wildman–Crippen MR) is 90.7 cm³/mol. The van der Waals surface area contributed by atoms with Crippen molar-refractivity contribution in [2.24, 2.45) is 0 Å². The Morgan fingerprint density at radius 1 is 1.27 bits per heavy atom. The van der Waals surface area contributed by atoms with E-state index in [0.717, 1.165) is 26.2 Å². The number of para-hydroxylation sites is 1. The molecule has 1 amide bonds. The van der Waals surface area contributed by atoms with Crippen LogP contribution in [-0.4, -0.2) is 49.3 Å². The number of amides is 1. The van der Waals surface area contributed by atoms with Crippen molar-refractivity contribution in [2.45, 2.75) is 10.7 Å². The number of anilines is 1. The molecule has 1 heterocycles. The average Bonchev–Trinajstić information content (AvgIpc) is 2.41. The molecule has 1 aliphatic rings. The summed E-state index contributed by atoms with van der Waals surface area (Å²) < 4.78 is 24.9. The first-order valence-corrected chi connectivity index (χ1v) is 7.30. The lowest BCUT2D eigenvalue weighted by molar-refractivity contribution is -0.117. The van der Waals surface area contributed by atoms with Gasteiger partial charge in [0.1, 0.15) is 0 Å². The summed E-state index contributed by atoms with van der Waals surface area (Å²) in [6.07, 6.45) is 0. The van der Waals surface area contributed by atoms with E-state index in [1.807, 2.05) is 4.90 Å². The quantitative estimate of drug-likeness (QED) is 0.778. The van der Waals surface area contributed by atoms with Gasteiger partial charge in [-0.05, 0) is 12.1 Å². The predicted octanol–water partition coefficient (Wildman–Crippen LogP) is 2.69. The highest BCUT2D eigenvalue weighted by Crippen LogP contribution is 2.31. The van der Waals surface area contributed by atoms with Gasteiger partial charge in [-0.1, -0.05) is 23.9 Å². The molecule has 1 saturated heterocycles. The third-order valence-electron chi connectivity index (χ3n) is 2.95. The summed E-state index contributed by atoms with van der Waals surface area (Å²) in [4.78, 5) is 14.4. The van der Waals surface area contributed by atoms with Crippen LogP contribution in [-0.2, 0) is 4.79 Å². The van der Waals surface area contributed by atoms with E-state index >= 15 is 0 Å². The second-order valence-electron chi connectivity index (χ2n) is 4.45. The van der Waals surface area contributed by atoms with Gasteiger partial charge in [0.2, 0.25) is 5.91 Å². The number of carbonyl (C=O) groups is 1. The zero-order valence-corrected chi connectivity index (χ0v) is 14.2. The number of hydrogen-bond acceptors (Lipinski definition) is 4. The van der Waals surface area contributed by atoms with Crippen LogP contribution in [0.5, 0.6) is 0 Å². The summed E-state index contributed by atoms with van der Waals surface area (Å²) in [7, 11) is 0. The molecule has 1 aromatic carbocycles. The third-order valence-corrected chi connectivity index (χ3v) is 3.74. The van der Waals surface area contributed by atoms with Crippen LogP contribution in [0.1, 0.15) is 0 Å². The summed E-state index contributed by atoms with van der Waals surface area (Å²) in [5.74, 6) is -2.67. The van der Waals surface area contributed by atoms with E-state index < -0.39 is 5.76 Å². The number of hydrogen-bond donors (Lipinski definition) is 2. The zero-order chi connectivity index (χ0) is 14.4. The minimum Gasteiger partial charge on any atom is -0.324 e. The minimum absolute atomic E-state index is 0. The Kier molecular flexibility index (Phi) is 10.7. The number of alkyl halides is 2. The number of halogens is 4. The monoisotopic (exact) mass is 373 g/mol. The van der Waals surface area contributed by atoms with Crippen molar-refractivity contribution in [1.29, 1.82) is 0 Å². The van der Waals surface area contributed by atoms with E-state index in [9.17, 15) is 13.6 Å². The molecule has 0 aliphatic carbocycles. The maximum Gasteiger partial charge on any atom is 0.288 e. The van der Waals surface area contributed by atoms with E-state index in [2.05, 4.69) is 10.6 Å². The fraction of sp³-hybridized carbons (Fsp3) is 0.462. The Morgan fingerprint density at radius 2 is 1.91 bits per heavy atom. The van der Waals surface area contributed by atoms with Crippen molar-refractivity contribution in [3.8, 4) is 0 Å². The molecule has 126 valence electrons. The molecule has 2 N–H and O–H groups in total. The van der Waals surface area contributed by atoms with Crippen LogP contribution in [0.3, 0.4) is 0 Å². The molecular formula is C13H19Cl2F2N3OS. The van der Waals surface area contributed by atoms with Crippen molar-refractivity contribution in [3.05, 3.63) is 24.3 Å². The lowest BCUT2D eigenvalue weighted by Gasteiger charge is -2.26. The molecule has 1 fully saturated rings. The number of benzene rings is 1. The molecule has 2 rings (SSSR count). The molecule has 0 saturated carbocycles. The SMILES string of the molecule is Cl.Cl.O=C(CN1CCNCC1)Nc1ccccc1SC(F)F. The molecule has 1 aliphatic heterocycles. The van der Waals surface area contributed by atoms with Crippen molar-refractivity contribution in [1.82, 2.24) is 10.2 Å². The van der Waals surface area contributed by atoms with Gasteiger partial charge >= 0.3 is 0 Å². The molecule has 0 atom stereocenters. The van der Waals surface area contributed by atoms with Crippen molar-refractivity contribution in [3.63, 3.8) is 0 Å². The standard InChI is InChI=1S/C13H17F2N3OS.2ClH/c14-13(15)20-11-4-2-1-3-10(11)17-12(19)9-18-7-5-16-6-8-18;;/h1-4,13,16H,5-9H2,(H,17,19);2*1H. The summed E-state index contributed by atoms with van der Waals surface area (Å²) in [5, 5.41) is 5.92. The van der Waals surface area contributed by atoms with Gasteiger partial charge in [-0.15, -0.1) is 24.8 Å². The van der Waals surface area contributed by atoms with Crippen LogP contribution in [0.25, 0.3) is 0 Å². The largest absolute Gasteiger partial charge is 0.324 e. The average molecular weight is 374 g/mol. The summed E-state index contributed by atoms with van der Waals surface area (Å²) in [5.41, 5.74) is 0.443. The van der Waals surface area contributed by atoms with Gasteiger partial charge in [0, 0.05) is 31.1 Å². The molecule has 0 spiro atoms. The maximum absolute atomic E-state index is 12.4. The van der Waals surface area contributed by atoms with E-state index in [4.69, 9.17) is 0 Å². The fourth-order valence-electron chi connectivity index (χ4n) is 2.03. The lowest BCUT2D eigenvalue weighted by atomic mass is 10.3. The van der Waals surface area contributed by atoms with E-state index in [1.54, 1.807) is 24.3 Å². The highest BCUT2D eigenvalue weighted by molar-refractivity contribution is 7.99. The maximum atomic E-state index is 12.4. The smallest absolute Gasteiger partial charge is 0.288 e. The third kappa shape index (κ3) is 7.11. The number of nitrogens with zero attached hydrogens (tertiary/aromatic N) is 1. The van der Waals surface area contributed by atoms with E-state index in [1.165, 1.54) is 0 Å². The molecule has 22 heavy (non-hydrogen) atoms. The zero-order valence-electron chi connectivity index (χ0n) is 11.8. The number of thioether (sulfide) groups is 1. The first-order valence-electron chi connectivity index (χ1n) is 6.42. The highest BCUT2D eigenvalue weighted by Gasteiger charge is 2.15. The Balaban J connectivity index is 0.00000220. The van der Waals surface area contributed by atoms with Crippen LogP contribution in [0.15, 0.2) is 29.2 Å². The molecule has 4 nitrogen and oxygen atoms in total. The number of piperazine rings is 1. The molecule has 0 aromatic heterocycles. The number of rotatable bonds is 5. The van der Waals surface area contributed by atoms with Gasteiger partial charge < -0.3 is 10.6 Å². The first-order chi connectivity index (χ1) is 9.65. The molecule has 0 unspecified atom stereocenters. The molecule has 9 heteroatoms. The van der Waals surface area contributed by atoms with Crippen LogP contribution in [0, 0.1) is 0 Å². The Labute approximate surface area is 145 Å². The fourth-order valence-corrected chi connectivity index (χ4v) is 2.63. The molecule has 1 aromatic rings. The summed E-state index contributed by atoms with van der Waals surface area (Å²) >= 11 is 0.441. The minimum atomic E-state index is -2.50. The highest BCUT2D eigenvalue weighted by atomic mass is 35.5. The van der Waals surface area contributed by atoms with Gasteiger partial charge in [-0.2, -0.15) is 8.78 Å². The second-order valence-corrected chi connectivity index (χ2v) is 5.48. The molecule has 0 bridgehead atoms. The van der Waals surface area contributed by atoms with E-state index in [-0.39, 0.29) is 37.3 Å². The lowest BCUT2D eigenvalue weighted by Crippen LogP contribution is -2.46. The Morgan fingerprint density at radius 3 is 2.55 bits per heavy atom. The number of nitrogens with one attached hydrogen (secondary N) is 2. The summed E-state index contributed by atoms with van der Waals surface area (Å²) in [6.45, 7) is 3.66. The topological polar surface area (TPSA) is 44.4 Å². The molecular weight excluding hydrogens is 355 g/mol. The first kappa shape index (κ1) is 21.4. The van der Waals surface area contributed by atoms with Crippen LogP contribution < -0.4 is 10.6 Å². The van der Waals surface area contributed by atoms with Crippen LogP contribution in [0.2, 0.25) is 0 Å². The summed E-state index contributed by atoms with van der Waals surface area (Å²) in [6, 6.07) is 6.62. The second kappa shape index (κ2) is 11.0. The normalized spacial score (nSPS) is 14.9. The Hall–Kier alpha value is -0.600.